The summed E-state index contributed by atoms with van der Waals surface area (Å²) in [5, 5.41) is 2.69. The molecule has 0 atom stereocenters. The van der Waals surface area contributed by atoms with E-state index in [1.807, 2.05) is 0 Å². The van der Waals surface area contributed by atoms with E-state index in [9.17, 15) is 9.18 Å². The summed E-state index contributed by atoms with van der Waals surface area (Å²) in [5.41, 5.74) is 5.26. The SMILES string of the molecule is Nc1nccc(C(=O)NCCCN2CCOCC2)c1F. The van der Waals surface area contributed by atoms with Crippen molar-refractivity contribution < 1.29 is 13.9 Å². The molecule has 1 amide bonds. The van der Waals surface area contributed by atoms with Crippen molar-refractivity contribution in [2.24, 2.45) is 0 Å². The number of ether oxygens (including phenoxy) is 1. The Bertz CT molecular complexity index is 464. The number of carbonyl (C=O) groups is 1. The van der Waals surface area contributed by atoms with Crippen molar-refractivity contribution in [2.45, 2.75) is 6.42 Å². The van der Waals surface area contributed by atoms with Gasteiger partial charge < -0.3 is 15.8 Å². The lowest BCUT2D eigenvalue weighted by atomic mass is 10.2. The largest absolute Gasteiger partial charge is 0.381 e. The van der Waals surface area contributed by atoms with E-state index >= 15 is 0 Å². The second-order valence-corrected chi connectivity index (χ2v) is 4.62. The quantitative estimate of drug-likeness (QED) is 0.757. The average molecular weight is 282 g/mol. The molecule has 20 heavy (non-hydrogen) atoms. The lowest BCUT2D eigenvalue weighted by Gasteiger charge is -2.26. The van der Waals surface area contributed by atoms with Crippen LogP contribution >= 0.6 is 0 Å². The highest BCUT2D eigenvalue weighted by Gasteiger charge is 2.14. The molecule has 1 aliphatic rings. The lowest BCUT2D eigenvalue weighted by molar-refractivity contribution is 0.0374. The van der Waals surface area contributed by atoms with Gasteiger partial charge in [0.05, 0.1) is 18.8 Å². The molecule has 6 nitrogen and oxygen atoms in total. The van der Waals surface area contributed by atoms with E-state index in [1.165, 1.54) is 12.3 Å². The van der Waals surface area contributed by atoms with E-state index in [-0.39, 0.29) is 11.4 Å². The molecule has 1 saturated heterocycles. The zero-order valence-electron chi connectivity index (χ0n) is 11.3. The van der Waals surface area contributed by atoms with Gasteiger partial charge in [0.15, 0.2) is 11.6 Å². The number of rotatable bonds is 5. The van der Waals surface area contributed by atoms with Gasteiger partial charge in [-0.1, -0.05) is 0 Å². The maximum Gasteiger partial charge on any atom is 0.254 e. The van der Waals surface area contributed by atoms with Crippen LogP contribution < -0.4 is 11.1 Å². The van der Waals surface area contributed by atoms with Crippen molar-refractivity contribution >= 4 is 11.7 Å². The van der Waals surface area contributed by atoms with Crippen LogP contribution in [-0.2, 0) is 4.74 Å². The third kappa shape index (κ3) is 3.88. The minimum Gasteiger partial charge on any atom is -0.381 e. The van der Waals surface area contributed by atoms with Crippen LogP contribution in [0.2, 0.25) is 0 Å². The molecule has 0 aliphatic carbocycles. The number of pyridine rings is 1. The van der Waals surface area contributed by atoms with Crippen molar-refractivity contribution in [1.29, 1.82) is 0 Å². The molecule has 0 saturated carbocycles. The third-order valence-corrected chi connectivity index (χ3v) is 3.20. The molecule has 0 unspecified atom stereocenters. The van der Waals surface area contributed by atoms with E-state index in [0.717, 1.165) is 39.3 Å². The van der Waals surface area contributed by atoms with Crippen molar-refractivity contribution in [3.05, 3.63) is 23.6 Å². The van der Waals surface area contributed by atoms with E-state index < -0.39 is 11.7 Å². The van der Waals surface area contributed by atoms with Crippen molar-refractivity contribution in [2.75, 3.05) is 45.1 Å². The maximum atomic E-state index is 13.6. The van der Waals surface area contributed by atoms with Gasteiger partial charge in [-0.05, 0) is 19.0 Å². The van der Waals surface area contributed by atoms with Gasteiger partial charge >= 0.3 is 0 Å². The normalized spacial score (nSPS) is 16.1. The molecule has 1 fully saturated rings. The number of nitrogens with zero attached hydrogens (tertiary/aromatic N) is 2. The summed E-state index contributed by atoms with van der Waals surface area (Å²) in [5.74, 6) is -1.48. The van der Waals surface area contributed by atoms with Crippen LogP contribution in [0, 0.1) is 5.82 Å². The predicted molar refractivity (Wildman–Crippen MR) is 72.8 cm³/mol. The second-order valence-electron chi connectivity index (χ2n) is 4.62. The van der Waals surface area contributed by atoms with Crippen LogP contribution in [0.3, 0.4) is 0 Å². The number of aromatic nitrogens is 1. The molecule has 1 aromatic rings. The molecule has 0 aromatic carbocycles. The fraction of sp³-hybridized carbons (Fsp3) is 0.538. The predicted octanol–water partition coefficient (Wildman–Crippen LogP) is 0.255. The van der Waals surface area contributed by atoms with Gasteiger partial charge in [0, 0.05) is 25.8 Å². The fourth-order valence-corrected chi connectivity index (χ4v) is 2.06. The third-order valence-electron chi connectivity index (χ3n) is 3.20. The first kappa shape index (κ1) is 14.7. The van der Waals surface area contributed by atoms with Crippen LogP contribution in [0.25, 0.3) is 0 Å². The summed E-state index contributed by atoms with van der Waals surface area (Å²) in [6.45, 7) is 4.75. The Balaban J connectivity index is 1.73. The van der Waals surface area contributed by atoms with Crippen molar-refractivity contribution in [1.82, 2.24) is 15.2 Å². The van der Waals surface area contributed by atoms with Crippen LogP contribution in [0.1, 0.15) is 16.8 Å². The summed E-state index contributed by atoms with van der Waals surface area (Å²) in [4.78, 5) is 17.7. The summed E-state index contributed by atoms with van der Waals surface area (Å²) >= 11 is 0. The Hall–Kier alpha value is -1.73. The Kier molecular flexibility index (Phi) is 5.25. The molecule has 3 N–H and O–H groups in total. The fourth-order valence-electron chi connectivity index (χ4n) is 2.06. The molecule has 1 aliphatic heterocycles. The van der Waals surface area contributed by atoms with Crippen molar-refractivity contribution in [3.8, 4) is 0 Å². The first-order valence-electron chi connectivity index (χ1n) is 6.67. The molecule has 1 aromatic heterocycles. The van der Waals surface area contributed by atoms with E-state index in [4.69, 9.17) is 10.5 Å². The number of hydrogen-bond donors (Lipinski definition) is 2. The Morgan fingerprint density at radius 2 is 2.25 bits per heavy atom. The first-order chi connectivity index (χ1) is 9.68. The van der Waals surface area contributed by atoms with Crippen LogP contribution in [0.4, 0.5) is 10.2 Å². The Morgan fingerprint density at radius 3 is 3.00 bits per heavy atom. The van der Waals surface area contributed by atoms with Gasteiger partial charge in [-0.2, -0.15) is 0 Å². The van der Waals surface area contributed by atoms with Gasteiger partial charge in [0.1, 0.15) is 0 Å². The molecule has 2 rings (SSSR count). The molecule has 7 heteroatoms. The van der Waals surface area contributed by atoms with Gasteiger partial charge in [-0.15, -0.1) is 0 Å². The standard InChI is InChI=1S/C13H19FN4O2/c14-11-10(2-4-16-12(11)15)13(19)17-3-1-5-18-6-8-20-9-7-18/h2,4H,1,3,5-9H2,(H2,15,16)(H,17,19). The summed E-state index contributed by atoms with van der Waals surface area (Å²) < 4.78 is 18.8. The average Bonchev–Trinajstić information content (AvgIpc) is 2.47. The number of anilines is 1. The van der Waals surface area contributed by atoms with Crippen LogP contribution in [0.5, 0.6) is 0 Å². The lowest BCUT2D eigenvalue weighted by Crippen LogP contribution is -2.38. The highest BCUT2D eigenvalue weighted by molar-refractivity contribution is 5.95. The zero-order chi connectivity index (χ0) is 14.4. The smallest absolute Gasteiger partial charge is 0.254 e. The molecule has 0 radical (unpaired) electrons. The van der Waals surface area contributed by atoms with E-state index in [1.54, 1.807) is 0 Å². The molecular weight excluding hydrogens is 263 g/mol. The molecule has 0 bridgehead atoms. The maximum absolute atomic E-state index is 13.6. The monoisotopic (exact) mass is 282 g/mol. The minimum absolute atomic E-state index is 0.0659. The van der Waals surface area contributed by atoms with Gasteiger partial charge in [-0.25, -0.2) is 9.37 Å². The topological polar surface area (TPSA) is 80.5 Å². The molecule has 0 spiro atoms. The van der Waals surface area contributed by atoms with E-state index in [0.29, 0.717) is 6.54 Å². The van der Waals surface area contributed by atoms with Gasteiger partial charge in [0.2, 0.25) is 0 Å². The number of morpholine rings is 1. The number of halogens is 1. The number of hydrogen-bond acceptors (Lipinski definition) is 5. The number of amides is 1. The van der Waals surface area contributed by atoms with Gasteiger partial charge in [0.25, 0.3) is 5.91 Å². The number of nitrogens with one attached hydrogen (secondary N) is 1. The number of carbonyl (C=O) groups excluding carboxylic acids is 1. The number of nitrogen functional groups attached to an aromatic ring is 1. The summed E-state index contributed by atoms with van der Waals surface area (Å²) in [7, 11) is 0. The van der Waals surface area contributed by atoms with Gasteiger partial charge in [-0.3, -0.25) is 9.69 Å². The zero-order valence-corrected chi connectivity index (χ0v) is 11.3. The highest BCUT2D eigenvalue weighted by Crippen LogP contribution is 2.11. The van der Waals surface area contributed by atoms with Crippen molar-refractivity contribution in [3.63, 3.8) is 0 Å². The number of nitrogens with two attached hydrogens (primary N) is 1. The molecule has 2 heterocycles. The highest BCUT2D eigenvalue weighted by atomic mass is 19.1. The molecular formula is C13H19FN4O2. The van der Waals surface area contributed by atoms with Crippen LogP contribution in [0.15, 0.2) is 12.3 Å². The Labute approximate surface area is 117 Å². The second kappa shape index (κ2) is 7.16. The van der Waals surface area contributed by atoms with E-state index in [2.05, 4.69) is 15.2 Å². The van der Waals surface area contributed by atoms with Crippen LogP contribution in [-0.4, -0.2) is 55.2 Å². The molecule has 110 valence electrons. The first-order valence-corrected chi connectivity index (χ1v) is 6.67. The minimum atomic E-state index is -0.766. The summed E-state index contributed by atoms with van der Waals surface area (Å²) in [6, 6.07) is 1.32. The Morgan fingerprint density at radius 1 is 1.50 bits per heavy atom. The summed E-state index contributed by atoms with van der Waals surface area (Å²) in [6.07, 6.45) is 2.13.